The molecule has 108 valence electrons. The second kappa shape index (κ2) is 10.9. The first-order chi connectivity index (χ1) is 9.22. The largest absolute Gasteiger partial charge is 0.0887 e. The molecule has 0 amide bonds. The molecule has 0 aliphatic carbocycles. The van der Waals surface area contributed by atoms with Gasteiger partial charge in [0.15, 0.2) is 0 Å². The Labute approximate surface area is 135 Å². The fourth-order valence-electron chi connectivity index (χ4n) is 2.34. The number of alkyl halides is 1. The summed E-state index contributed by atoms with van der Waals surface area (Å²) < 4.78 is 1.18. The molecule has 0 saturated heterocycles. The number of hydrogen-bond acceptors (Lipinski definition) is 0. The molecule has 0 saturated carbocycles. The van der Waals surface area contributed by atoms with E-state index in [0.717, 1.165) is 6.42 Å². The minimum atomic E-state index is 0.623. The van der Waals surface area contributed by atoms with Gasteiger partial charge >= 0.3 is 0 Å². The molecule has 0 N–H and O–H groups in total. The van der Waals surface area contributed by atoms with Gasteiger partial charge in [0.1, 0.15) is 0 Å². The van der Waals surface area contributed by atoms with Crippen LogP contribution in [0.1, 0.15) is 63.9 Å². The van der Waals surface area contributed by atoms with Gasteiger partial charge in [-0.3, -0.25) is 0 Å². The average molecular weight is 390 g/mol. The Morgan fingerprint density at radius 3 is 2.37 bits per heavy atom. The Morgan fingerprint density at radius 2 is 1.68 bits per heavy atom. The van der Waals surface area contributed by atoms with Gasteiger partial charge in [0.25, 0.3) is 0 Å². The van der Waals surface area contributed by atoms with E-state index in [1.807, 2.05) is 0 Å². The minimum absolute atomic E-state index is 0.623. The normalized spacial score (nSPS) is 12.6. The lowest BCUT2D eigenvalue weighted by Crippen LogP contribution is -2.02. The third-order valence-corrected chi connectivity index (χ3v) is 4.74. The first-order valence-corrected chi connectivity index (χ1v) is 9.31. The predicted molar refractivity (Wildman–Crippen MR) is 93.2 cm³/mol. The van der Waals surface area contributed by atoms with Crippen LogP contribution in [0.5, 0.6) is 0 Å². The number of rotatable bonds is 10. The van der Waals surface area contributed by atoms with Gasteiger partial charge in [0.2, 0.25) is 0 Å². The zero-order chi connectivity index (χ0) is 13.9. The topological polar surface area (TPSA) is 0 Å². The summed E-state index contributed by atoms with van der Waals surface area (Å²) in [5.74, 6) is 0. The van der Waals surface area contributed by atoms with Crippen LogP contribution in [0.15, 0.2) is 28.7 Å². The summed E-state index contributed by atoms with van der Waals surface area (Å²) in [5.41, 5.74) is 1.42. The number of unbranched alkanes of at least 4 members (excludes halogenated alkanes) is 6. The van der Waals surface area contributed by atoms with Gasteiger partial charge < -0.3 is 0 Å². The van der Waals surface area contributed by atoms with Crippen molar-refractivity contribution in [1.82, 2.24) is 0 Å². The molecule has 0 spiro atoms. The molecule has 0 fully saturated rings. The zero-order valence-electron chi connectivity index (χ0n) is 12.0. The van der Waals surface area contributed by atoms with Crippen molar-refractivity contribution >= 4 is 31.9 Å². The zero-order valence-corrected chi connectivity index (χ0v) is 15.2. The van der Waals surface area contributed by atoms with Crippen LogP contribution in [0, 0.1) is 0 Å². The molecule has 0 bridgehead atoms. The first kappa shape index (κ1) is 17.2. The molecule has 19 heavy (non-hydrogen) atoms. The van der Waals surface area contributed by atoms with Crippen molar-refractivity contribution in [2.45, 2.75) is 69.5 Å². The van der Waals surface area contributed by atoms with E-state index < -0.39 is 0 Å². The predicted octanol–water partition coefficient (Wildman–Crippen LogP) is 6.90. The molecule has 0 nitrogen and oxygen atoms in total. The van der Waals surface area contributed by atoms with Crippen LogP contribution >= 0.6 is 31.9 Å². The maximum absolute atomic E-state index is 3.82. The lowest BCUT2D eigenvalue weighted by molar-refractivity contribution is 0.570. The van der Waals surface area contributed by atoms with E-state index in [1.165, 1.54) is 61.4 Å². The summed E-state index contributed by atoms with van der Waals surface area (Å²) in [6.45, 7) is 2.28. The molecule has 1 atom stereocenters. The Kier molecular flexibility index (Phi) is 9.89. The maximum Gasteiger partial charge on any atom is 0.0186 e. The standard InChI is InChI=1S/C17H26Br2/c1-2-3-4-5-6-7-8-11-16(18)13-15-10-9-12-17(19)14-15/h9-10,12,14,16H,2-8,11,13H2,1H3. The van der Waals surface area contributed by atoms with Crippen molar-refractivity contribution in [3.63, 3.8) is 0 Å². The van der Waals surface area contributed by atoms with Crippen molar-refractivity contribution in [3.8, 4) is 0 Å². The molecule has 2 heteroatoms. The Bertz CT molecular complexity index is 336. The number of halogens is 2. The molecular weight excluding hydrogens is 364 g/mol. The van der Waals surface area contributed by atoms with Crippen LogP contribution in [-0.2, 0) is 6.42 Å². The van der Waals surface area contributed by atoms with E-state index in [1.54, 1.807) is 0 Å². The summed E-state index contributed by atoms with van der Waals surface area (Å²) in [4.78, 5) is 0.623. The van der Waals surface area contributed by atoms with Gasteiger partial charge in [-0.1, -0.05) is 95.9 Å². The van der Waals surface area contributed by atoms with E-state index in [2.05, 4.69) is 63.0 Å². The number of hydrogen-bond donors (Lipinski definition) is 0. The van der Waals surface area contributed by atoms with Crippen molar-refractivity contribution in [2.75, 3.05) is 0 Å². The highest BCUT2D eigenvalue weighted by Crippen LogP contribution is 2.20. The monoisotopic (exact) mass is 388 g/mol. The van der Waals surface area contributed by atoms with Crippen molar-refractivity contribution in [1.29, 1.82) is 0 Å². The number of benzene rings is 1. The van der Waals surface area contributed by atoms with Crippen LogP contribution < -0.4 is 0 Å². The summed E-state index contributed by atoms with van der Waals surface area (Å²) in [7, 11) is 0. The van der Waals surface area contributed by atoms with Gasteiger partial charge in [0.05, 0.1) is 0 Å². The Morgan fingerprint density at radius 1 is 1.00 bits per heavy atom. The fourth-order valence-corrected chi connectivity index (χ4v) is 3.49. The first-order valence-electron chi connectivity index (χ1n) is 7.61. The van der Waals surface area contributed by atoms with E-state index in [0.29, 0.717) is 4.83 Å². The summed E-state index contributed by atoms with van der Waals surface area (Å²) in [5, 5.41) is 0. The van der Waals surface area contributed by atoms with Crippen LogP contribution in [0.3, 0.4) is 0 Å². The second-order valence-corrected chi connectivity index (χ2v) is 7.55. The molecule has 1 rings (SSSR count). The highest BCUT2D eigenvalue weighted by Gasteiger charge is 2.05. The van der Waals surface area contributed by atoms with E-state index >= 15 is 0 Å². The highest BCUT2D eigenvalue weighted by molar-refractivity contribution is 9.10. The van der Waals surface area contributed by atoms with Gasteiger partial charge in [-0.2, -0.15) is 0 Å². The molecule has 1 unspecified atom stereocenters. The molecule has 0 aliphatic rings. The minimum Gasteiger partial charge on any atom is -0.0887 e. The van der Waals surface area contributed by atoms with Crippen molar-refractivity contribution < 1.29 is 0 Å². The molecule has 1 aromatic rings. The molecule has 0 aromatic heterocycles. The third kappa shape index (κ3) is 8.86. The van der Waals surface area contributed by atoms with Gasteiger partial charge in [-0.05, 0) is 30.5 Å². The Balaban J connectivity index is 2.06. The van der Waals surface area contributed by atoms with Gasteiger partial charge in [0, 0.05) is 9.30 Å². The Hall–Kier alpha value is 0.180. The van der Waals surface area contributed by atoms with E-state index in [4.69, 9.17) is 0 Å². The smallest absolute Gasteiger partial charge is 0.0186 e. The lowest BCUT2D eigenvalue weighted by atomic mass is 10.0. The fraction of sp³-hybridized carbons (Fsp3) is 0.647. The van der Waals surface area contributed by atoms with Crippen molar-refractivity contribution in [3.05, 3.63) is 34.3 Å². The van der Waals surface area contributed by atoms with Crippen LogP contribution in [0.4, 0.5) is 0 Å². The highest BCUT2D eigenvalue weighted by atomic mass is 79.9. The van der Waals surface area contributed by atoms with Gasteiger partial charge in [-0.15, -0.1) is 0 Å². The van der Waals surface area contributed by atoms with Crippen LogP contribution in [-0.4, -0.2) is 4.83 Å². The lowest BCUT2D eigenvalue weighted by Gasteiger charge is -2.10. The second-order valence-electron chi connectivity index (χ2n) is 5.34. The molecule has 1 aromatic carbocycles. The van der Waals surface area contributed by atoms with E-state index in [9.17, 15) is 0 Å². The molecular formula is C17H26Br2. The van der Waals surface area contributed by atoms with E-state index in [-0.39, 0.29) is 0 Å². The summed E-state index contributed by atoms with van der Waals surface area (Å²) in [6.07, 6.45) is 12.2. The summed E-state index contributed by atoms with van der Waals surface area (Å²) in [6, 6.07) is 8.64. The maximum atomic E-state index is 3.82. The third-order valence-electron chi connectivity index (χ3n) is 3.47. The molecule has 0 aliphatic heterocycles. The molecule has 0 radical (unpaired) electrons. The van der Waals surface area contributed by atoms with Crippen LogP contribution in [0.2, 0.25) is 0 Å². The summed E-state index contributed by atoms with van der Waals surface area (Å²) >= 11 is 7.35. The quantitative estimate of drug-likeness (QED) is 0.301. The average Bonchev–Trinajstić information content (AvgIpc) is 2.37. The SMILES string of the molecule is CCCCCCCCCC(Br)Cc1cccc(Br)c1. The van der Waals surface area contributed by atoms with Gasteiger partial charge in [-0.25, -0.2) is 0 Å². The van der Waals surface area contributed by atoms with Crippen LogP contribution in [0.25, 0.3) is 0 Å². The molecule has 0 heterocycles. The van der Waals surface area contributed by atoms with Crippen molar-refractivity contribution in [2.24, 2.45) is 0 Å².